The molecular weight excluding hydrogens is 386 g/mol. The molecule has 0 saturated heterocycles. The molecule has 29 heavy (non-hydrogen) atoms. The second kappa shape index (κ2) is 8.21. The summed E-state index contributed by atoms with van der Waals surface area (Å²) in [6.07, 6.45) is 5.18. The van der Waals surface area contributed by atoms with E-state index in [4.69, 9.17) is 4.98 Å². The molecule has 1 amide bonds. The second-order valence-electron chi connectivity index (χ2n) is 7.17. The Hall–Kier alpha value is -2.93. The first-order valence-electron chi connectivity index (χ1n) is 9.76. The van der Waals surface area contributed by atoms with Gasteiger partial charge in [0.2, 0.25) is 5.91 Å². The highest BCUT2D eigenvalue weighted by Crippen LogP contribution is 2.29. The van der Waals surface area contributed by atoms with Crippen LogP contribution < -0.4 is 5.32 Å². The summed E-state index contributed by atoms with van der Waals surface area (Å²) in [7, 11) is -3.49. The summed E-state index contributed by atoms with van der Waals surface area (Å²) >= 11 is 0. The third-order valence-electron chi connectivity index (χ3n) is 5.09. The number of aromatic nitrogens is 2. The Morgan fingerprint density at radius 1 is 1.03 bits per heavy atom. The van der Waals surface area contributed by atoms with Crippen LogP contribution in [0.25, 0.3) is 11.3 Å². The van der Waals surface area contributed by atoms with Crippen molar-refractivity contribution in [3.8, 4) is 11.3 Å². The van der Waals surface area contributed by atoms with E-state index in [1.165, 1.54) is 0 Å². The van der Waals surface area contributed by atoms with Crippen LogP contribution in [0, 0.1) is 0 Å². The van der Waals surface area contributed by atoms with Crippen molar-refractivity contribution < 1.29 is 13.2 Å². The van der Waals surface area contributed by atoms with Crippen molar-refractivity contribution >= 4 is 21.4 Å². The number of para-hydroxylation sites is 1. The van der Waals surface area contributed by atoms with Gasteiger partial charge in [-0.05, 0) is 31.0 Å². The number of amides is 1. The fourth-order valence-corrected chi connectivity index (χ4v) is 4.80. The van der Waals surface area contributed by atoms with Crippen LogP contribution in [-0.2, 0) is 27.6 Å². The highest BCUT2D eigenvalue weighted by atomic mass is 32.2. The molecule has 6 nitrogen and oxygen atoms in total. The molecule has 0 aliphatic carbocycles. The number of carbonyl (C=O) groups excluding carboxylic acids is 1. The van der Waals surface area contributed by atoms with Gasteiger partial charge in [0, 0.05) is 31.1 Å². The van der Waals surface area contributed by atoms with Crippen LogP contribution in [0.3, 0.4) is 0 Å². The number of nitrogens with zero attached hydrogens (tertiary/aromatic N) is 2. The maximum atomic E-state index is 12.5. The summed E-state index contributed by atoms with van der Waals surface area (Å²) in [6, 6.07) is 15.7. The van der Waals surface area contributed by atoms with Crippen molar-refractivity contribution in [2.75, 3.05) is 11.1 Å². The largest absolute Gasteiger partial charge is 0.334 e. The van der Waals surface area contributed by atoms with Crippen molar-refractivity contribution in [3.05, 3.63) is 66.6 Å². The van der Waals surface area contributed by atoms with Crippen molar-refractivity contribution in [2.45, 2.75) is 37.1 Å². The quantitative estimate of drug-likeness (QED) is 0.673. The van der Waals surface area contributed by atoms with Gasteiger partial charge in [0.25, 0.3) is 0 Å². The van der Waals surface area contributed by atoms with Gasteiger partial charge in [-0.2, -0.15) is 0 Å². The normalized spacial score (nSPS) is 13.7. The Morgan fingerprint density at radius 3 is 2.59 bits per heavy atom. The predicted molar refractivity (Wildman–Crippen MR) is 112 cm³/mol. The average Bonchev–Trinajstić information content (AvgIpc) is 3.17. The molecule has 0 fully saturated rings. The Kier molecular flexibility index (Phi) is 5.49. The molecule has 7 heteroatoms. The first kappa shape index (κ1) is 19.4. The molecule has 1 aromatic heterocycles. The standard InChI is InChI=1S/C22H23N3O3S/c26-22(13-15-29(27,28)17-8-2-1-3-9-17)24-19-11-5-4-10-18(19)20-16-25-14-7-6-12-21(25)23-20/h1-5,8-11,16H,6-7,12-15H2,(H,24,26). The summed E-state index contributed by atoms with van der Waals surface area (Å²) in [4.78, 5) is 17.4. The Bertz CT molecular complexity index is 1100. The molecule has 0 saturated carbocycles. The Morgan fingerprint density at radius 2 is 1.79 bits per heavy atom. The van der Waals surface area contributed by atoms with Crippen LogP contribution in [0.4, 0.5) is 5.69 Å². The van der Waals surface area contributed by atoms with Crippen LogP contribution in [0.2, 0.25) is 0 Å². The number of nitrogens with one attached hydrogen (secondary N) is 1. The van der Waals surface area contributed by atoms with Crippen LogP contribution in [-0.4, -0.2) is 29.6 Å². The van der Waals surface area contributed by atoms with Gasteiger partial charge in [-0.15, -0.1) is 0 Å². The van der Waals surface area contributed by atoms with Crippen LogP contribution in [0.1, 0.15) is 25.1 Å². The summed E-state index contributed by atoms with van der Waals surface area (Å²) in [6.45, 7) is 0.966. The maximum Gasteiger partial charge on any atom is 0.225 e. The second-order valence-corrected chi connectivity index (χ2v) is 9.28. The highest BCUT2D eigenvalue weighted by molar-refractivity contribution is 7.91. The first-order chi connectivity index (χ1) is 14.0. The molecule has 1 aliphatic heterocycles. The van der Waals surface area contributed by atoms with Crippen molar-refractivity contribution in [1.82, 2.24) is 9.55 Å². The predicted octanol–water partition coefficient (Wildman–Crippen LogP) is 3.69. The number of carbonyl (C=O) groups is 1. The molecular formula is C22H23N3O3S. The zero-order chi connectivity index (χ0) is 20.3. The minimum absolute atomic E-state index is 0.106. The SMILES string of the molecule is O=C(CCS(=O)(=O)c1ccccc1)Nc1ccccc1-c1cn2c(n1)CCCC2. The number of rotatable bonds is 6. The number of benzene rings is 2. The van der Waals surface area contributed by atoms with E-state index in [2.05, 4.69) is 9.88 Å². The zero-order valence-electron chi connectivity index (χ0n) is 16.0. The van der Waals surface area contributed by atoms with Crippen LogP contribution in [0.15, 0.2) is 65.7 Å². The van der Waals surface area contributed by atoms with E-state index in [0.717, 1.165) is 42.9 Å². The highest BCUT2D eigenvalue weighted by Gasteiger charge is 2.18. The fourth-order valence-electron chi connectivity index (χ4n) is 3.54. The lowest BCUT2D eigenvalue weighted by molar-refractivity contribution is -0.115. The van der Waals surface area contributed by atoms with E-state index in [1.54, 1.807) is 30.3 Å². The van der Waals surface area contributed by atoms with E-state index >= 15 is 0 Å². The van der Waals surface area contributed by atoms with Gasteiger partial charge >= 0.3 is 0 Å². The van der Waals surface area contributed by atoms with Gasteiger partial charge in [-0.3, -0.25) is 4.79 Å². The van der Waals surface area contributed by atoms with Gasteiger partial charge in [-0.1, -0.05) is 36.4 Å². The Balaban J connectivity index is 1.47. The van der Waals surface area contributed by atoms with E-state index in [-0.39, 0.29) is 23.0 Å². The number of hydrogen-bond donors (Lipinski definition) is 1. The van der Waals surface area contributed by atoms with Gasteiger partial charge < -0.3 is 9.88 Å². The summed E-state index contributed by atoms with van der Waals surface area (Å²) in [5.74, 6) is 0.506. The van der Waals surface area contributed by atoms with Crippen molar-refractivity contribution in [1.29, 1.82) is 0 Å². The number of sulfone groups is 1. The number of hydrogen-bond acceptors (Lipinski definition) is 4. The molecule has 4 rings (SSSR count). The van der Waals surface area contributed by atoms with E-state index in [9.17, 15) is 13.2 Å². The molecule has 0 radical (unpaired) electrons. The lowest BCUT2D eigenvalue weighted by atomic mass is 10.1. The minimum Gasteiger partial charge on any atom is -0.334 e. The number of imidazole rings is 1. The van der Waals surface area contributed by atoms with E-state index in [0.29, 0.717) is 5.69 Å². The summed E-state index contributed by atoms with van der Waals surface area (Å²) < 4.78 is 27.0. The molecule has 0 unspecified atom stereocenters. The summed E-state index contributed by atoms with van der Waals surface area (Å²) in [5.41, 5.74) is 2.31. The number of aryl methyl sites for hydroxylation is 2. The molecule has 3 aromatic rings. The molecule has 1 N–H and O–H groups in total. The van der Waals surface area contributed by atoms with Crippen molar-refractivity contribution in [2.24, 2.45) is 0 Å². The first-order valence-corrected chi connectivity index (χ1v) is 11.4. The third kappa shape index (κ3) is 4.40. The molecule has 150 valence electrons. The lowest BCUT2D eigenvalue weighted by Gasteiger charge is -2.11. The molecule has 1 aliphatic rings. The van der Waals surface area contributed by atoms with Gasteiger partial charge in [0.15, 0.2) is 9.84 Å². The summed E-state index contributed by atoms with van der Waals surface area (Å²) in [5, 5.41) is 2.86. The average molecular weight is 410 g/mol. The smallest absolute Gasteiger partial charge is 0.225 e. The van der Waals surface area contributed by atoms with Crippen molar-refractivity contribution in [3.63, 3.8) is 0 Å². The number of anilines is 1. The monoisotopic (exact) mass is 409 g/mol. The van der Waals surface area contributed by atoms with Gasteiger partial charge in [0.05, 0.1) is 22.0 Å². The Labute approximate surface area is 170 Å². The minimum atomic E-state index is -3.49. The lowest BCUT2D eigenvalue weighted by Crippen LogP contribution is -2.17. The zero-order valence-corrected chi connectivity index (χ0v) is 16.9. The molecule has 2 heterocycles. The van der Waals surface area contributed by atoms with E-state index < -0.39 is 9.84 Å². The maximum absolute atomic E-state index is 12.5. The molecule has 2 aromatic carbocycles. The van der Waals surface area contributed by atoms with Crippen LogP contribution in [0.5, 0.6) is 0 Å². The molecule has 0 bridgehead atoms. The van der Waals surface area contributed by atoms with Crippen LogP contribution >= 0.6 is 0 Å². The topological polar surface area (TPSA) is 81.1 Å². The number of fused-ring (bicyclic) bond motifs is 1. The fraction of sp³-hybridized carbons (Fsp3) is 0.273. The van der Waals surface area contributed by atoms with Gasteiger partial charge in [-0.25, -0.2) is 13.4 Å². The van der Waals surface area contributed by atoms with E-state index in [1.807, 2.05) is 30.5 Å². The molecule has 0 atom stereocenters. The molecule has 0 spiro atoms. The third-order valence-corrected chi connectivity index (χ3v) is 6.82. The van der Waals surface area contributed by atoms with Gasteiger partial charge in [0.1, 0.15) is 5.82 Å².